The van der Waals surface area contributed by atoms with Crippen molar-refractivity contribution in [2.45, 2.75) is 0 Å². The molecule has 0 saturated carbocycles. The molecule has 0 aliphatic heterocycles. The van der Waals surface area contributed by atoms with Gasteiger partial charge in [0.2, 0.25) is 0 Å². The second-order valence-electron chi connectivity index (χ2n) is 7.79. The summed E-state index contributed by atoms with van der Waals surface area (Å²) < 4.78 is 3.67. The summed E-state index contributed by atoms with van der Waals surface area (Å²) in [5.41, 5.74) is 5.20. The van der Waals surface area contributed by atoms with Gasteiger partial charge in [0, 0.05) is 49.5 Å². The molecule has 5 aromatic rings. The van der Waals surface area contributed by atoms with Gasteiger partial charge in [-0.25, -0.2) is 4.98 Å². The lowest BCUT2D eigenvalue weighted by Gasteiger charge is -2.09. The van der Waals surface area contributed by atoms with Crippen LogP contribution in [0.5, 0.6) is 0 Å². The number of non-ortho nitro benzene ring substituents is 2. The number of aryl methyl sites for hydroxylation is 2. The van der Waals surface area contributed by atoms with Crippen molar-refractivity contribution in [1.82, 2.24) is 19.3 Å². The summed E-state index contributed by atoms with van der Waals surface area (Å²) in [6, 6.07) is 20.2. The zero-order valence-corrected chi connectivity index (χ0v) is 18.2. The van der Waals surface area contributed by atoms with Crippen molar-refractivity contribution in [3.63, 3.8) is 0 Å². The molecule has 0 spiro atoms. The number of nitro benzene ring substituents is 2. The minimum absolute atomic E-state index is 0.00853. The fourth-order valence-electron chi connectivity index (χ4n) is 4.12. The average Bonchev–Trinajstić information content (AvgIpc) is 3.35. The number of imidazole rings is 1. The molecule has 168 valence electrons. The Kier molecular flexibility index (Phi) is 4.90. The maximum atomic E-state index is 11.1. The van der Waals surface area contributed by atoms with Crippen LogP contribution in [-0.2, 0) is 14.1 Å². The fourth-order valence-corrected chi connectivity index (χ4v) is 4.12. The smallest absolute Gasteiger partial charge is 0.269 e. The van der Waals surface area contributed by atoms with Gasteiger partial charge in [-0.15, -0.1) is 0 Å². The van der Waals surface area contributed by atoms with Crippen LogP contribution in [0.25, 0.3) is 44.9 Å². The lowest BCUT2D eigenvalue weighted by molar-refractivity contribution is -0.385. The summed E-state index contributed by atoms with van der Waals surface area (Å²) in [5, 5.41) is 27.0. The monoisotopic (exact) mass is 454 g/mol. The molecule has 0 aliphatic carbocycles. The molecule has 0 N–H and O–H groups in total. The van der Waals surface area contributed by atoms with Gasteiger partial charge < -0.3 is 4.57 Å². The zero-order chi connectivity index (χ0) is 24.0. The highest BCUT2D eigenvalue weighted by Crippen LogP contribution is 2.40. The predicted molar refractivity (Wildman–Crippen MR) is 127 cm³/mol. The van der Waals surface area contributed by atoms with E-state index in [1.54, 1.807) is 36.0 Å². The van der Waals surface area contributed by atoms with Crippen molar-refractivity contribution in [3.8, 4) is 33.9 Å². The van der Waals surface area contributed by atoms with Crippen molar-refractivity contribution < 1.29 is 9.85 Å². The SMILES string of the molecule is Cn1nc(-c2ccc([N+](=O)[O-])cc2)c(-c2nc3ccccc3n2C)c1-c1ccc([N+](=O)[O-])cc1. The van der Waals surface area contributed by atoms with Crippen LogP contribution in [-0.4, -0.2) is 29.2 Å². The van der Waals surface area contributed by atoms with Gasteiger partial charge in [-0.1, -0.05) is 12.1 Å². The van der Waals surface area contributed by atoms with Crippen LogP contribution in [0.3, 0.4) is 0 Å². The molecule has 5 rings (SSSR count). The van der Waals surface area contributed by atoms with Crippen molar-refractivity contribution in [2.24, 2.45) is 14.1 Å². The minimum Gasteiger partial charge on any atom is -0.327 e. The molecule has 10 nitrogen and oxygen atoms in total. The maximum absolute atomic E-state index is 11.1. The van der Waals surface area contributed by atoms with E-state index >= 15 is 0 Å². The van der Waals surface area contributed by atoms with E-state index in [0.29, 0.717) is 17.1 Å². The molecule has 0 fully saturated rings. The summed E-state index contributed by atoms with van der Waals surface area (Å²) in [6.07, 6.45) is 0. The number of nitro groups is 2. The summed E-state index contributed by atoms with van der Waals surface area (Å²) in [5.74, 6) is 0.663. The van der Waals surface area contributed by atoms with Crippen LogP contribution in [0.2, 0.25) is 0 Å². The van der Waals surface area contributed by atoms with E-state index in [-0.39, 0.29) is 11.4 Å². The summed E-state index contributed by atoms with van der Waals surface area (Å²) >= 11 is 0. The average molecular weight is 454 g/mol. The van der Waals surface area contributed by atoms with Gasteiger partial charge in [0.25, 0.3) is 11.4 Å². The minimum atomic E-state index is -0.448. The maximum Gasteiger partial charge on any atom is 0.269 e. The van der Waals surface area contributed by atoms with Crippen molar-refractivity contribution in [3.05, 3.63) is 93.0 Å². The highest BCUT2D eigenvalue weighted by molar-refractivity contribution is 5.93. The molecular formula is C24H18N6O4. The van der Waals surface area contributed by atoms with Crippen LogP contribution in [0, 0.1) is 20.2 Å². The first kappa shape index (κ1) is 21.0. The Morgan fingerprint density at radius 1 is 0.765 bits per heavy atom. The number of fused-ring (bicyclic) bond motifs is 1. The van der Waals surface area contributed by atoms with Gasteiger partial charge in [-0.2, -0.15) is 5.10 Å². The van der Waals surface area contributed by atoms with Gasteiger partial charge in [0.15, 0.2) is 0 Å². The second-order valence-corrected chi connectivity index (χ2v) is 7.79. The lowest BCUT2D eigenvalue weighted by Crippen LogP contribution is -1.97. The van der Waals surface area contributed by atoms with E-state index < -0.39 is 9.85 Å². The Bertz CT molecular complexity index is 1570. The third kappa shape index (κ3) is 3.37. The summed E-state index contributed by atoms with van der Waals surface area (Å²) in [4.78, 5) is 26.2. The zero-order valence-electron chi connectivity index (χ0n) is 18.2. The van der Waals surface area contributed by atoms with Gasteiger partial charge in [-0.05, 0) is 36.4 Å². The van der Waals surface area contributed by atoms with E-state index in [9.17, 15) is 20.2 Å². The fraction of sp³-hybridized carbons (Fsp3) is 0.0833. The number of para-hydroxylation sites is 2. The number of rotatable bonds is 5. The van der Waals surface area contributed by atoms with Gasteiger partial charge in [0.05, 0.1) is 32.1 Å². The van der Waals surface area contributed by atoms with E-state index in [0.717, 1.165) is 27.9 Å². The molecule has 0 amide bonds. The van der Waals surface area contributed by atoms with Crippen LogP contribution in [0.1, 0.15) is 0 Å². The Morgan fingerprint density at radius 2 is 1.32 bits per heavy atom. The predicted octanol–water partition coefficient (Wildman–Crippen LogP) is 5.12. The number of hydrogen-bond donors (Lipinski definition) is 0. The molecule has 0 atom stereocenters. The molecule has 0 saturated heterocycles. The topological polar surface area (TPSA) is 122 Å². The lowest BCUT2D eigenvalue weighted by atomic mass is 10.0. The molecule has 2 heterocycles. The van der Waals surface area contributed by atoms with Crippen LogP contribution in [0.15, 0.2) is 72.8 Å². The first-order chi connectivity index (χ1) is 16.3. The van der Waals surface area contributed by atoms with Gasteiger partial charge in [-0.3, -0.25) is 24.9 Å². The number of hydrogen-bond acceptors (Lipinski definition) is 6. The largest absolute Gasteiger partial charge is 0.327 e. The van der Waals surface area contributed by atoms with Crippen molar-refractivity contribution in [1.29, 1.82) is 0 Å². The molecule has 34 heavy (non-hydrogen) atoms. The molecule has 0 radical (unpaired) electrons. The van der Waals surface area contributed by atoms with Crippen LogP contribution in [0.4, 0.5) is 11.4 Å². The summed E-state index contributed by atoms with van der Waals surface area (Å²) in [6.45, 7) is 0. The Hall–Kier alpha value is -4.86. The highest BCUT2D eigenvalue weighted by Gasteiger charge is 2.25. The Morgan fingerprint density at radius 3 is 1.88 bits per heavy atom. The molecule has 0 unspecified atom stereocenters. The van der Waals surface area contributed by atoms with Crippen molar-refractivity contribution >= 4 is 22.4 Å². The van der Waals surface area contributed by atoms with E-state index in [2.05, 4.69) is 0 Å². The molecule has 0 bridgehead atoms. The van der Waals surface area contributed by atoms with Gasteiger partial charge >= 0.3 is 0 Å². The van der Waals surface area contributed by atoms with Crippen LogP contribution < -0.4 is 0 Å². The molecular weight excluding hydrogens is 436 g/mol. The quantitative estimate of drug-likeness (QED) is 0.268. The normalized spacial score (nSPS) is 11.1. The van der Waals surface area contributed by atoms with E-state index in [1.165, 1.54) is 24.3 Å². The van der Waals surface area contributed by atoms with Gasteiger partial charge in [0.1, 0.15) is 11.5 Å². The first-order valence-electron chi connectivity index (χ1n) is 10.3. The molecule has 3 aromatic carbocycles. The number of benzene rings is 3. The summed E-state index contributed by atoms with van der Waals surface area (Å²) in [7, 11) is 3.70. The highest BCUT2D eigenvalue weighted by atomic mass is 16.6. The third-order valence-electron chi connectivity index (χ3n) is 5.76. The Labute approximate surface area is 193 Å². The molecule has 2 aromatic heterocycles. The third-order valence-corrected chi connectivity index (χ3v) is 5.76. The Balaban J connectivity index is 1.79. The van der Waals surface area contributed by atoms with E-state index in [1.807, 2.05) is 35.9 Å². The standard InChI is InChI=1S/C24H18N6O4/c1-27-20-6-4-3-5-19(20)25-24(27)21-22(15-7-11-17(12-8-15)29(31)32)26-28(2)23(21)16-9-13-18(14-10-16)30(33)34/h3-14H,1-2H3. The second kappa shape index (κ2) is 7.93. The van der Waals surface area contributed by atoms with Crippen molar-refractivity contribution in [2.75, 3.05) is 0 Å². The number of aromatic nitrogens is 4. The van der Waals surface area contributed by atoms with Crippen LogP contribution >= 0.6 is 0 Å². The van der Waals surface area contributed by atoms with E-state index in [4.69, 9.17) is 10.1 Å². The molecule has 10 heteroatoms. The molecule has 0 aliphatic rings. The number of nitrogens with zero attached hydrogens (tertiary/aromatic N) is 6. The first-order valence-corrected chi connectivity index (χ1v) is 10.3.